The molecule has 0 aliphatic carbocycles. The number of amides is 1. The Balaban J connectivity index is 1.29. The summed E-state index contributed by atoms with van der Waals surface area (Å²) in [5.41, 5.74) is 4.03. The molecule has 1 aliphatic heterocycles. The van der Waals surface area contributed by atoms with E-state index in [0.29, 0.717) is 27.7 Å². The van der Waals surface area contributed by atoms with Crippen LogP contribution in [0.15, 0.2) is 106 Å². The topological polar surface area (TPSA) is 87.3 Å². The molecule has 8 heteroatoms. The second-order valence-corrected chi connectivity index (χ2v) is 8.47. The molecule has 34 heavy (non-hydrogen) atoms. The third-order valence-electron chi connectivity index (χ3n) is 5.29. The highest BCUT2D eigenvalue weighted by molar-refractivity contribution is 7.14. The minimum absolute atomic E-state index is 0.0630. The van der Waals surface area contributed by atoms with Crippen LogP contribution in [-0.2, 0) is 4.79 Å². The standard InChI is InChI=1S/C26H19N5O2S/c1-17-23(25(33)31(30-17)26-27-22(16-34-26)18-8-4-2-5-9-18)29-28-21-14-12-20(13-15-21)24(32)19-10-6-3-7-11-19/h2-16,23H,1H3. The van der Waals surface area contributed by atoms with Crippen LogP contribution in [0.1, 0.15) is 22.8 Å². The zero-order chi connectivity index (χ0) is 23.5. The number of ketones is 1. The molecule has 0 radical (unpaired) electrons. The molecule has 166 valence electrons. The number of anilines is 1. The quantitative estimate of drug-likeness (QED) is 0.262. The maximum atomic E-state index is 13.0. The molecule has 1 aliphatic rings. The minimum atomic E-state index is -0.810. The number of hydrogen-bond donors (Lipinski definition) is 0. The molecular formula is C26H19N5O2S. The second kappa shape index (κ2) is 9.29. The van der Waals surface area contributed by atoms with Crippen LogP contribution in [0.2, 0.25) is 0 Å². The van der Waals surface area contributed by atoms with Gasteiger partial charge >= 0.3 is 0 Å². The third kappa shape index (κ3) is 4.31. The van der Waals surface area contributed by atoms with Gasteiger partial charge in [-0.3, -0.25) is 9.59 Å². The molecule has 0 spiro atoms. The Morgan fingerprint density at radius 2 is 1.56 bits per heavy atom. The highest BCUT2D eigenvalue weighted by Crippen LogP contribution is 2.30. The van der Waals surface area contributed by atoms with E-state index in [2.05, 4.69) is 20.3 Å². The van der Waals surface area contributed by atoms with E-state index >= 15 is 0 Å². The fourth-order valence-electron chi connectivity index (χ4n) is 3.49. The Morgan fingerprint density at radius 1 is 0.912 bits per heavy atom. The van der Waals surface area contributed by atoms with E-state index in [9.17, 15) is 9.59 Å². The van der Waals surface area contributed by atoms with Gasteiger partial charge < -0.3 is 0 Å². The molecule has 1 unspecified atom stereocenters. The van der Waals surface area contributed by atoms with Crippen molar-refractivity contribution in [3.63, 3.8) is 0 Å². The minimum Gasteiger partial charge on any atom is -0.289 e. The van der Waals surface area contributed by atoms with Crippen molar-refractivity contribution in [2.45, 2.75) is 13.0 Å². The largest absolute Gasteiger partial charge is 0.289 e. The Kier molecular flexibility index (Phi) is 5.88. The molecule has 5 rings (SSSR count). The summed E-state index contributed by atoms with van der Waals surface area (Å²) in [7, 11) is 0. The molecule has 1 amide bonds. The number of carbonyl (C=O) groups excluding carboxylic acids is 2. The summed E-state index contributed by atoms with van der Waals surface area (Å²) < 4.78 is 0. The predicted molar refractivity (Wildman–Crippen MR) is 133 cm³/mol. The van der Waals surface area contributed by atoms with Gasteiger partial charge in [-0.1, -0.05) is 60.7 Å². The van der Waals surface area contributed by atoms with Gasteiger partial charge in [-0.25, -0.2) is 4.98 Å². The first kappa shape index (κ1) is 21.5. The summed E-state index contributed by atoms with van der Waals surface area (Å²) in [6, 6.07) is 24.9. The summed E-state index contributed by atoms with van der Waals surface area (Å²) >= 11 is 1.35. The van der Waals surface area contributed by atoms with Crippen molar-refractivity contribution in [1.29, 1.82) is 0 Å². The summed E-state index contributed by atoms with van der Waals surface area (Å²) in [6.45, 7) is 1.74. The van der Waals surface area contributed by atoms with E-state index < -0.39 is 6.04 Å². The monoisotopic (exact) mass is 465 g/mol. The Hall–Kier alpha value is -4.30. The number of carbonyl (C=O) groups is 2. The summed E-state index contributed by atoms with van der Waals surface area (Å²) in [4.78, 5) is 30.1. The predicted octanol–water partition coefficient (Wildman–Crippen LogP) is 5.92. The van der Waals surface area contributed by atoms with E-state index in [1.165, 1.54) is 16.3 Å². The van der Waals surface area contributed by atoms with Crippen molar-refractivity contribution in [1.82, 2.24) is 4.98 Å². The molecular weight excluding hydrogens is 446 g/mol. The lowest BCUT2D eigenvalue weighted by Gasteiger charge is -2.08. The van der Waals surface area contributed by atoms with E-state index in [0.717, 1.165) is 11.3 Å². The molecule has 0 fully saturated rings. The van der Waals surface area contributed by atoms with Gasteiger partial charge in [0.15, 0.2) is 11.8 Å². The number of benzene rings is 3. The Bertz CT molecular complexity index is 1400. The second-order valence-electron chi connectivity index (χ2n) is 7.63. The number of nitrogens with zero attached hydrogens (tertiary/aromatic N) is 5. The van der Waals surface area contributed by atoms with Crippen LogP contribution in [0.5, 0.6) is 0 Å². The van der Waals surface area contributed by atoms with Gasteiger partial charge in [-0.2, -0.15) is 20.3 Å². The molecule has 2 heterocycles. The van der Waals surface area contributed by atoms with E-state index in [4.69, 9.17) is 0 Å². The van der Waals surface area contributed by atoms with Crippen molar-refractivity contribution >= 4 is 39.6 Å². The van der Waals surface area contributed by atoms with E-state index in [1.807, 2.05) is 53.9 Å². The van der Waals surface area contributed by atoms with Crippen LogP contribution in [0.25, 0.3) is 11.3 Å². The molecule has 0 N–H and O–H groups in total. The van der Waals surface area contributed by atoms with Crippen LogP contribution in [0.4, 0.5) is 10.8 Å². The fraction of sp³-hybridized carbons (Fsp3) is 0.0769. The zero-order valence-electron chi connectivity index (χ0n) is 18.2. The van der Waals surface area contributed by atoms with Gasteiger partial charge in [-0.15, -0.1) is 11.3 Å². The Morgan fingerprint density at radius 3 is 2.26 bits per heavy atom. The number of hydrogen-bond acceptors (Lipinski definition) is 7. The van der Waals surface area contributed by atoms with Crippen LogP contribution >= 0.6 is 11.3 Å². The summed E-state index contributed by atoms with van der Waals surface area (Å²) in [5, 5.41) is 16.5. The summed E-state index contributed by atoms with van der Waals surface area (Å²) in [5.74, 6) is -0.363. The van der Waals surface area contributed by atoms with Crippen molar-refractivity contribution in [2.75, 3.05) is 5.01 Å². The van der Waals surface area contributed by atoms with Gasteiger partial charge in [0.25, 0.3) is 5.91 Å². The number of azo groups is 1. The molecule has 0 saturated carbocycles. The van der Waals surface area contributed by atoms with E-state index in [1.54, 1.807) is 43.3 Å². The first-order valence-electron chi connectivity index (χ1n) is 10.6. The smallest absolute Gasteiger partial charge is 0.282 e. The van der Waals surface area contributed by atoms with Crippen LogP contribution in [0.3, 0.4) is 0 Å². The fourth-order valence-corrected chi connectivity index (χ4v) is 4.28. The van der Waals surface area contributed by atoms with Crippen molar-refractivity contribution in [3.8, 4) is 11.3 Å². The molecule has 7 nitrogen and oxygen atoms in total. The lowest BCUT2D eigenvalue weighted by molar-refractivity contribution is -0.117. The van der Waals surface area contributed by atoms with Gasteiger partial charge in [0.05, 0.1) is 17.1 Å². The third-order valence-corrected chi connectivity index (χ3v) is 6.11. The number of hydrazone groups is 1. The zero-order valence-corrected chi connectivity index (χ0v) is 19.0. The highest BCUT2D eigenvalue weighted by atomic mass is 32.1. The molecule has 0 bridgehead atoms. The number of rotatable bonds is 6. The molecule has 0 saturated heterocycles. The maximum Gasteiger partial charge on any atom is 0.282 e. The van der Waals surface area contributed by atoms with Gasteiger partial charge in [0, 0.05) is 22.1 Å². The van der Waals surface area contributed by atoms with Gasteiger partial charge in [0.1, 0.15) is 0 Å². The first-order chi connectivity index (χ1) is 16.6. The van der Waals surface area contributed by atoms with Crippen LogP contribution in [0, 0.1) is 0 Å². The molecule has 4 aromatic rings. The SMILES string of the molecule is CC1=NN(c2nc(-c3ccccc3)cs2)C(=O)C1N=Nc1ccc(C(=O)c2ccccc2)cc1. The molecule has 1 aromatic heterocycles. The van der Waals surface area contributed by atoms with Gasteiger partial charge in [-0.05, 0) is 31.2 Å². The molecule has 1 atom stereocenters. The Labute approximate surface area is 200 Å². The maximum absolute atomic E-state index is 13.0. The average Bonchev–Trinajstić information content (AvgIpc) is 3.48. The van der Waals surface area contributed by atoms with Crippen LogP contribution < -0.4 is 5.01 Å². The number of thiazole rings is 1. The average molecular weight is 466 g/mol. The van der Waals surface area contributed by atoms with Crippen molar-refractivity contribution in [2.24, 2.45) is 15.3 Å². The normalized spacial score (nSPS) is 15.7. The molecule has 3 aromatic carbocycles. The van der Waals surface area contributed by atoms with Crippen molar-refractivity contribution < 1.29 is 9.59 Å². The lowest BCUT2D eigenvalue weighted by Crippen LogP contribution is -2.29. The van der Waals surface area contributed by atoms with Crippen LogP contribution in [-0.4, -0.2) is 28.4 Å². The first-order valence-corrected chi connectivity index (χ1v) is 11.5. The summed E-state index contributed by atoms with van der Waals surface area (Å²) in [6.07, 6.45) is 0. The van der Waals surface area contributed by atoms with E-state index in [-0.39, 0.29) is 11.7 Å². The lowest BCUT2D eigenvalue weighted by atomic mass is 10.0. The highest BCUT2D eigenvalue weighted by Gasteiger charge is 2.36. The van der Waals surface area contributed by atoms with Crippen molar-refractivity contribution in [3.05, 3.63) is 101 Å². The number of aromatic nitrogens is 1. The van der Waals surface area contributed by atoms with Gasteiger partial charge in [0.2, 0.25) is 5.13 Å².